The number of nitrogens with zero attached hydrogens (tertiary/aromatic N) is 4. The van der Waals surface area contributed by atoms with E-state index in [-0.39, 0.29) is 11.2 Å². The Morgan fingerprint density at radius 3 is 2.20 bits per heavy atom. The summed E-state index contributed by atoms with van der Waals surface area (Å²) in [4.78, 5) is 34.6. The van der Waals surface area contributed by atoms with E-state index in [1.165, 1.54) is 6.42 Å². The molecule has 1 aliphatic heterocycles. The highest BCUT2D eigenvalue weighted by atomic mass is 16.2. The number of benzene rings is 2. The van der Waals surface area contributed by atoms with E-state index in [1.54, 1.807) is 6.92 Å². The molecule has 1 aromatic heterocycles. The van der Waals surface area contributed by atoms with Gasteiger partial charge in [0.25, 0.3) is 0 Å². The smallest absolute Gasteiger partial charge is 0.228 e. The summed E-state index contributed by atoms with van der Waals surface area (Å²) < 4.78 is 2.02. The number of aliphatic imine (C=N–C) groups is 1. The van der Waals surface area contributed by atoms with E-state index in [9.17, 15) is 9.59 Å². The van der Waals surface area contributed by atoms with Crippen LogP contribution in [0.1, 0.15) is 85.8 Å². The van der Waals surface area contributed by atoms with Crippen LogP contribution < -0.4 is 0 Å². The maximum atomic E-state index is 11.8. The lowest BCUT2D eigenvalue weighted by atomic mass is 9.95. The summed E-state index contributed by atoms with van der Waals surface area (Å²) in [5.41, 5.74) is 6.87. The number of aromatic nitrogens is 2. The molecule has 2 fully saturated rings. The van der Waals surface area contributed by atoms with Gasteiger partial charge in [0, 0.05) is 31.3 Å². The molecule has 216 valence electrons. The Kier molecular flexibility index (Phi) is 9.76. The van der Waals surface area contributed by atoms with Gasteiger partial charge in [-0.15, -0.1) is 0 Å². The standard InChI is InChI=1S/C22H25N3O.C10H17NO.C2H6/c1-14-11-17(18-8-10-21-20(12-18)23-13-25(21)6)7-9-19(14)15(2)24-22(4,5)16(3)26;1-3-8-6-11(7-8)9(12)10(2)4-5-10;1-2/h7-13H,1-6H3;8H,3-7H2,1-2H3;1-2H3. The number of amides is 1. The van der Waals surface area contributed by atoms with Gasteiger partial charge in [0.2, 0.25) is 5.91 Å². The van der Waals surface area contributed by atoms with Gasteiger partial charge in [-0.3, -0.25) is 14.6 Å². The highest BCUT2D eigenvalue weighted by Gasteiger charge is 2.49. The maximum absolute atomic E-state index is 11.8. The molecule has 0 bridgehead atoms. The zero-order chi connectivity index (χ0) is 29.8. The van der Waals surface area contributed by atoms with Crippen LogP contribution in [0.4, 0.5) is 0 Å². The summed E-state index contributed by atoms with van der Waals surface area (Å²) >= 11 is 0. The highest BCUT2D eigenvalue weighted by Crippen LogP contribution is 2.47. The van der Waals surface area contributed by atoms with E-state index in [4.69, 9.17) is 0 Å². The minimum Gasteiger partial charge on any atom is -0.342 e. The quantitative estimate of drug-likeness (QED) is 0.304. The summed E-state index contributed by atoms with van der Waals surface area (Å²) in [6.45, 7) is 19.7. The van der Waals surface area contributed by atoms with Crippen LogP contribution in [-0.4, -0.2) is 50.5 Å². The molecule has 3 aromatic rings. The number of fused-ring (bicyclic) bond motifs is 1. The van der Waals surface area contributed by atoms with Crippen LogP contribution in [0.15, 0.2) is 47.7 Å². The molecule has 5 rings (SSSR count). The number of hydrogen-bond acceptors (Lipinski definition) is 4. The van der Waals surface area contributed by atoms with E-state index in [0.29, 0.717) is 5.91 Å². The fourth-order valence-corrected chi connectivity index (χ4v) is 4.90. The predicted octanol–water partition coefficient (Wildman–Crippen LogP) is 7.41. The first-order valence-corrected chi connectivity index (χ1v) is 14.7. The molecule has 1 aliphatic carbocycles. The molecular weight excluding hydrogens is 496 g/mol. The van der Waals surface area contributed by atoms with Crippen molar-refractivity contribution in [2.45, 2.75) is 87.1 Å². The Balaban J connectivity index is 0.000000262. The molecule has 0 spiro atoms. The largest absolute Gasteiger partial charge is 0.342 e. The summed E-state index contributed by atoms with van der Waals surface area (Å²) in [5.74, 6) is 1.26. The number of imidazole rings is 1. The second kappa shape index (κ2) is 12.5. The zero-order valence-corrected chi connectivity index (χ0v) is 26.3. The summed E-state index contributed by atoms with van der Waals surface area (Å²) in [5, 5.41) is 0. The van der Waals surface area contributed by atoms with Crippen molar-refractivity contribution in [1.29, 1.82) is 0 Å². The van der Waals surface area contributed by atoms with Crippen molar-refractivity contribution >= 4 is 28.4 Å². The second-order valence-corrected chi connectivity index (χ2v) is 11.9. The van der Waals surface area contributed by atoms with Gasteiger partial charge in [-0.05, 0) is 94.2 Å². The molecule has 1 amide bonds. The first kappa shape index (κ1) is 31.3. The van der Waals surface area contributed by atoms with Gasteiger partial charge >= 0.3 is 0 Å². The van der Waals surface area contributed by atoms with Gasteiger partial charge in [-0.2, -0.15) is 0 Å². The molecule has 0 radical (unpaired) electrons. The van der Waals surface area contributed by atoms with E-state index in [2.05, 4.69) is 67.1 Å². The summed E-state index contributed by atoms with van der Waals surface area (Å²) in [7, 11) is 2.00. The zero-order valence-electron chi connectivity index (χ0n) is 26.3. The van der Waals surface area contributed by atoms with Crippen LogP contribution in [-0.2, 0) is 16.6 Å². The van der Waals surface area contributed by atoms with Crippen molar-refractivity contribution in [2.75, 3.05) is 13.1 Å². The number of carbonyl (C=O) groups is 2. The highest BCUT2D eigenvalue weighted by molar-refractivity contribution is 6.02. The topological polar surface area (TPSA) is 67.6 Å². The predicted molar refractivity (Wildman–Crippen MR) is 167 cm³/mol. The van der Waals surface area contributed by atoms with Crippen molar-refractivity contribution in [2.24, 2.45) is 23.4 Å². The molecule has 40 heavy (non-hydrogen) atoms. The van der Waals surface area contributed by atoms with Crippen LogP contribution in [0.25, 0.3) is 22.2 Å². The Morgan fingerprint density at radius 2 is 1.65 bits per heavy atom. The Bertz CT molecular complexity index is 1390. The first-order valence-electron chi connectivity index (χ1n) is 14.7. The fraction of sp³-hybridized carbons (Fsp3) is 0.529. The Labute approximate surface area is 240 Å². The van der Waals surface area contributed by atoms with Crippen LogP contribution >= 0.6 is 0 Å². The van der Waals surface area contributed by atoms with Gasteiger partial charge in [-0.1, -0.05) is 52.0 Å². The number of aryl methyl sites for hydroxylation is 2. The lowest BCUT2D eigenvalue weighted by molar-refractivity contribution is -0.142. The molecule has 6 heteroatoms. The molecule has 0 unspecified atom stereocenters. The lowest BCUT2D eigenvalue weighted by Crippen LogP contribution is -2.51. The van der Waals surface area contributed by atoms with Crippen molar-refractivity contribution in [3.05, 3.63) is 53.9 Å². The van der Waals surface area contributed by atoms with E-state index in [1.807, 2.05) is 57.5 Å². The molecular formula is C34H48N4O2. The van der Waals surface area contributed by atoms with Crippen molar-refractivity contribution in [3.63, 3.8) is 0 Å². The minimum atomic E-state index is -0.695. The molecule has 2 aliphatic rings. The number of rotatable bonds is 6. The molecule has 6 nitrogen and oxygen atoms in total. The van der Waals surface area contributed by atoms with Crippen molar-refractivity contribution in [3.8, 4) is 11.1 Å². The number of hydrogen-bond donors (Lipinski definition) is 0. The Hall–Kier alpha value is -3.28. The average Bonchev–Trinajstić information content (AvgIpc) is 3.55. The van der Waals surface area contributed by atoms with Gasteiger partial charge in [0.1, 0.15) is 5.54 Å². The van der Waals surface area contributed by atoms with E-state index >= 15 is 0 Å². The van der Waals surface area contributed by atoms with Gasteiger partial charge in [0.05, 0.1) is 17.4 Å². The van der Waals surface area contributed by atoms with Crippen LogP contribution in [0.2, 0.25) is 0 Å². The average molecular weight is 545 g/mol. The molecule has 2 heterocycles. The van der Waals surface area contributed by atoms with Crippen LogP contribution in [0.3, 0.4) is 0 Å². The second-order valence-electron chi connectivity index (χ2n) is 11.9. The number of Topliss-reactive ketones (excluding diaryl/α,β-unsaturated/α-hetero) is 1. The molecule has 0 N–H and O–H groups in total. The van der Waals surface area contributed by atoms with Crippen LogP contribution in [0, 0.1) is 18.3 Å². The third-order valence-corrected chi connectivity index (χ3v) is 8.32. The minimum absolute atomic E-state index is 0.0543. The van der Waals surface area contributed by atoms with E-state index < -0.39 is 5.54 Å². The van der Waals surface area contributed by atoms with Crippen molar-refractivity contribution < 1.29 is 9.59 Å². The first-order chi connectivity index (χ1) is 18.8. The monoisotopic (exact) mass is 544 g/mol. The number of carbonyl (C=O) groups excluding carboxylic acids is 2. The van der Waals surface area contributed by atoms with Gasteiger partial charge in [0.15, 0.2) is 5.78 Å². The maximum Gasteiger partial charge on any atom is 0.228 e. The van der Waals surface area contributed by atoms with Crippen LogP contribution in [0.5, 0.6) is 0 Å². The summed E-state index contributed by atoms with van der Waals surface area (Å²) in [6, 6.07) is 12.7. The van der Waals surface area contributed by atoms with Gasteiger partial charge < -0.3 is 9.47 Å². The van der Waals surface area contributed by atoms with Crippen molar-refractivity contribution in [1.82, 2.24) is 14.5 Å². The third kappa shape index (κ3) is 6.89. The fourth-order valence-electron chi connectivity index (χ4n) is 4.90. The molecule has 0 atom stereocenters. The normalized spacial score (nSPS) is 16.4. The number of ketones is 1. The number of likely N-dealkylation sites (tertiary alicyclic amines) is 1. The SMILES string of the molecule is CC.CC(=O)C(C)(C)N=C(C)c1ccc(-c2ccc3c(c2)ncn3C)cc1C.CCC1CN(C(=O)C2(C)CC2)C1. The molecule has 2 aromatic carbocycles. The van der Waals surface area contributed by atoms with E-state index in [0.717, 1.165) is 70.8 Å². The molecule has 1 saturated carbocycles. The molecule has 1 saturated heterocycles. The third-order valence-electron chi connectivity index (χ3n) is 8.32. The Morgan fingerprint density at radius 1 is 1.05 bits per heavy atom. The lowest BCUT2D eigenvalue weighted by Gasteiger charge is -2.40. The van der Waals surface area contributed by atoms with Gasteiger partial charge in [-0.25, -0.2) is 4.98 Å². The summed E-state index contributed by atoms with van der Waals surface area (Å²) in [6.07, 6.45) is 5.28.